The van der Waals surface area contributed by atoms with Gasteiger partial charge in [0.15, 0.2) is 0 Å². The van der Waals surface area contributed by atoms with E-state index in [0.29, 0.717) is 12.2 Å². The van der Waals surface area contributed by atoms with Gasteiger partial charge in [-0.15, -0.1) is 0 Å². The molecule has 5 heteroatoms. The Bertz CT molecular complexity index is 366. The van der Waals surface area contributed by atoms with Crippen LogP contribution in [0, 0.1) is 0 Å². The van der Waals surface area contributed by atoms with Gasteiger partial charge in [0, 0.05) is 19.3 Å². The van der Waals surface area contributed by atoms with Gasteiger partial charge in [0.05, 0.1) is 5.69 Å². The molecule has 0 saturated heterocycles. The summed E-state index contributed by atoms with van der Waals surface area (Å²) in [5, 5.41) is 3.16. The average molecular weight is 236 g/mol. The second-order valence-corrected chi connectivity index (χ2v) is 4.43. The first-order chi connectivity index (χ1) is 7.97. The monoisotopic (exact) mass is 236 g/mol. The number of amides is 1. The van der Waals surface area contributed by atoms with Gasteiger partial charge in [-0.1, -0.05) is 6.07 Å². The van der Waals surface area contributed by atoms with E-state index in [1.807, 2.05) is 31.1 Å². The van der Waals surface area contributed by atoms with E-state index in [1.54, 1.807) is 19.2 Å². The molecule has 1 atom stereocenters. The zero-order chi connectivity index (χ0) is 12.9. The van der Waals surface area contributed by atoms with Crippen molar-refractivity contribution < 1.29 is 4.79 Å². The molecule has 1 aromatic rings. The van der Waals surface area contributed by atoms with Gasteiger partial charge in [-0.05, 0) is 33.2 Å². The van der Waals surface area contributed by atoms with Gasteiger partial charge in [0.1, 0.15) is 5.54 Å². The number of carbonyl (C=O) groups is 1. The van der Waals surface area contributed by atoms with Crippen molar-refractivity contribution in [2.75, 3.05) is 27.2 Å². The molecule has 0 radical (unpaired) electrons. The predicted octanol–water partition coefficient (Wildman–Crippen LogP) is -0.0667. The van der Waals surface area contributed by atoms with Crippen molar-refractivity contribution in [2.45, 2.75) is 12.5 Å². The normalized spacial score (nSPS) is 14.6. The van der Waals surface area contributed by atoms with Crippen LogP contribution in [0.5, 0.6) is 0 Å². The lowest BCUT2D eigenvalue weighted by Crippen LogP contribution is -2.52. The number of hydrogen-bond acceptors (Lipinski definition) is 4. The lowest BCUT2D eigenvalue weighted by molar-refractivity contribution is -0.124. The lowest BCUT2D eigenvalue weighted by Gasteiger charge is -2.27. The topological polar surface area (TPSA) is 71.2 Å². The summed E-state index contributed by atoms with van der Waals surface area (Å²) in [6.07, 6.45) is 1.66. The molecule has 0 fully saturated rings. The highest BCUT2D eigenvalue weighted by Gasteiger charge is 2.33. The number of aromatic nitrogens is 1. The largest absolute Gasteiger partial charge is 0.368 e. The van der Waals surface area contributed by atoms with Gasteiger partial charge in [-0.25, -0.2) is 0 Å². The molecule has 0 saturated carbocycles. The summed E-state index contributed by atoms with van der Waals surface area (Å²) in [5.41, 5.74) is 5.19. The molecule has 1 amide bonds. The zero-order valence-electron chi connectivity index (χ0n) is 10.6. The van der Waals surface area contributed by atoms with Crippen molar-refractivity contribution in [3.63, 3.8) is 0 Å². The molecule has 0 aliphatic heterocycles. The standard InChI is InChI=1S/C12H20N4O/c1-12(11(13)17,15-8-9-16(2)3)10-6-4-5-7-14-10/h4-7,15H,8-9H2,1-3H3,(H2,13,17). The fourth-order valence-electron chi connectivity index (χ4n) is 1.49. The molecule has 1 rings (SSSR count). The maximum absolute atomic E-state index is 11.6. The van der Waals surface area contributed by atoms with Crippen LogP contribution in [0.25, 0.3) is 0 Å². The number of rotatable bonds is 6. The molecule has 5 nitrogen and oxygen atoms in total. The summed E-state index contributed by atoms with van der Waals surface area (Å²) in [6, 6.07) is 5.45. The van der Waals surface area contributed by atoms with Gasteiger partial charge in [-0.2, -0.15) is 0 Å². The number of nitrogens with zero attached hydrogens (tertiary/aromatic N) is 2. The summed E-state index contributed by atoms with van der Waals surface area (Å²) in [7, 11) is 3.95. The Morgan fingerprint density at radius 3 is 2.71 bits per heavy atom. The Balaban J connectivity index is 2.80. The first-order valence-corrected chi connectivity index (χ1v) is 5.58. The highest BCUT2D eigenvalue weighted by molar-refractivity contribution is 5.85. The number of primary amides is 1. The van der Waals surface area contributed by atoms with E-state index in [9.17, 15) is 4.79 Å². The number of nitrogens with one attached hydrogen (secondary N) is 1. The maximum Gasteiger partial charge on any atom is 0.243 e. The Kier molecular flexibility index (Phi) is 4.60. The van der Waals surface area contributed by atoms with Gasteiger partial charge in [0.25, 0.3) is 0 Å². The lowest BCUT2D eigenvalue weighted by atomic mass is 9.96. The Morgan fingerprint density at radius 1 is 1.53 bits per heavy atom. The van der Waals surface area contributed by atoms with E-state index < -0.39 is 11.4 Å². The summed E-state index contributed by atoms with van der Waals surface area (Å²) in [5.74, 6) is -0.421. The fourth-order valence-corrected chi connectivity index (χ4v) is 1.49. The van der Waals surface area contributed by atoms with Crippen LogP contribution in [0.4, 0.5) is 0 Å². The summed E-state index contributed by atoms with van der Waals surface area (Å²) in [4.78, 5) is 17.8. The van der Waals surface area contributed by atoms with E-state index in [0.717, 1.165) is 6.54 Å². The average Bonchev–Trinajstić information content (AvgIpc) is 2.29. The molecule has 0 bridgehead atoms. The number of pyridine rings is 1. The van der Waals surface area contributed by atoms with Crippen LogP contribution in [0.2, 0.25) is 0 Å². The van der Waals surface area contributed by atoms with E-state index >= 15 is 0 Å². The van der Waals surface area contributed by atoms with Gasteiger partial charge < -0.3 is 10.6 Å². The third kappa shape index (κ3) is 3.51. The van der Waals surface area contributed by atoms with Gasteiger partial charge in [0.2, 0.25) is 5.91 Å². The molecule has 94 valence electrons. The second kappa shape index (κ2) is 5.75. The molecule has 1 aromatic heterocycles. The van der Waals surface area contributed by atoms with E-state index in [1.165, 1.54) is 0 Å². The summed E-state index contributed by atoms with van der Waals surface area (Å²) < 4.78 is 0. The number of likely N-dealkylation sites (N-methyl/N-ethyl adjacent to an activating group) is 1. The first-order valence-electron chi connectivity index (χ1n) is 5.58. The number of nitrogens with two attached hydrogens (primary N) is 1. The van der Waals surface area contributed by atoms with Crippen LogP contribution >= 0.6 is 0 Å². The van der Waals surface area contributed by atoms with Crippen LogP contribution in [0.3, 0.4) is 0 Å². The summed E-state index contributed by atoms with van der Waals surface area (Å²) in [6.45, 7) is 3.26. The van der Waals surface area contributed by atoms with Crippen LogP contribution in [-0.2, 0) is 10.3 Å². The minimum Gasteiger partial charge on any atom is -0.368 e. The van der Waals surface area contributed by atoms with Crippen LogP contribution < -0.4 is 11.1 Å². The first kappa shape index (κ1) is 13.6. The highest BCUT2D eigenvalue weighted by atomic mass is 16.1. The predicted molar refractivity (Wildman–Crippen MR) is 67.3 cm³/mol. The molecule has 0 aliphatic rings. The number of carbonyl (C=O) groups excluding carboxylic acids is 1. The molecule has 0 spiro atoms. The second-order valence-electron chi connectivity index (χ2n) is 4.43. The van der Waals surface area contributed by atoms with Crippen LogP contribution in [0.15, 0.2) is 24.4 Å². The molecular weight excluding hydrogens is 216 g/mol. The Labute approximate surface area is 102 Å². The minimum absolute atomic E-state index is 0.421. The van der Waals surface area contributed by atoms with Crippen LogP contribution in [-0.4, -0.2) is 43.0 Å². The SMILES string of the molecule is CN(C)CCNC(C)(C(N)=O)c1ccccn1. The van der Waals surface area contributed by atoms with Crippen LogP contribution in [0.1, 0.15) is 12.6 Å². The van der Waals surface area contributed by atoms with E-state index in [-0.39, 0.29) is 0 Å². The van der Waals surface area contributed by atoms with Crippen molar-refractivity contribution in [1.82, 2.24) is 15.2 Å². The molecule has 0 aromatic carbocycles. The van der Waals surface area contributed by atoms with E-state index in [4.69, 9.17) is 5.73 Å². The van der Waals surface area contributed by atoms with Gasteiger partial charge >= 0.3 is 0 Å². The highest BCUT2D eigenvalue weighted by Crippen LogP contribution is 2.17. The minimum atomic E-state index is -0.919. The third-order valence-electron chi connectivity index (χ3n) is 2.71. The Hall–Kier alpha value is -1.46. The fraction of sp³-hybridized carbons (Fsp3) is 0.500. The van der Waals surface area contributed by atoms with Crippen molar-refractivity contribution >= 4 is 5.91 Å². The number of hydrogen-bond donors (Lipinski definition) is 2. The molecule has 0 aliphatic carbocycles. The molecule has 1 heterocycles. The summed E-state index contributed by atoms with van der Waals surface area (Å²) >= 11 is 0. The van der Waals surface area contributed by atoms with E-state index in [2.05, 4.69) is 10.3 Å². The van der Waals surface area contributed by atoms with Crippen molar-refractivity contribution in [1.29, 1.82) is 0 Å². The zero-order valence-corrected chi connectivity index (χ0v) is 10.6. The molecule has 3 N–H and O–H groups in total. The quantitative estimate of drug-likeness (QED) is 0.725. The smallest absolute Gasteiger partial charge is 0.243 e. The maximum atomic E-state index is 11.6. The molecule has 1 unspecified atom stereocenters. The van der Waals surface area contributed by atoms with Crippen molar-refractivity contribution in [3.8, 4) is 0 Å². The van der Waals surface area contributed by atoms with Crippen molar-refractivity contribution in [3.05, 3.63) is 30.1 Å². The molecular formula is C12H20N4O. The Morgan fingerprint density at radius 2 is 2.24 bits per heavy atom. The third-order valence-corrected chi connectivity index (χ3v) is 2.71. The van der Waals surface area contributed by atoms with Gasteiger partial charge in [-0.3, -0.25) is 15.1 Å². The molecule has 17 heavy (non-hydrogen) atoms. The van der Waals surface area contributed by atoms with Crippen molar-refractivity contribution in [2.24, 2.45) is 5.73 Å².